The van der Waals surface area contributed by atoms with Crippen LogP contribution in [0.25, 0.3) is 0 Å². The van der Waals surface area contributed by atoms with Crippen molar-refractivity contribution in [3.05, 3.63) is 36.9 Å². The van der Waals surface area contributed by atoms with Crippen LogP contribution in [-0.2, 0) is 9.59 Å². The van der Waals surface area contributed by atoms with Crippen LogP contribution in [0.2, 0.25) is 0 Å². The van der Waals surface area contributed by atoms with E-state index < -0.39 is 0 Å². The molecule has 1 rings (SSSR count). The first-order valence-electron chi connectivity index (χ1n) is 6.55. The Labute approximate surface area is 119 Å². The molecular weight excluding hydrogens is 254 g/mol. The van der Waals surface area contributed by atoms with Gasteiger partial charge in [-0.1, -0.05) is 26.0 Å². The van der Waals surface area contributed by atoms with Crippen LogP contribution in [0.15, 0.2) is 36.9 Å². The van der Waals surface area contributed by atoms with Crippen molar-refractivity contribution < 1.29 is 9.59 Å². The number of carbonyl (C=O) groups is 2. The molecule has 0 saturated heterocycles. The lowest BCUT2D eigenvalue weighted by Crippen LogP contribution is -2.29. The van der Waals surface area contributed by atoms with Crippen LogP contribution in [-0.4, -0.2) is 24.9 Å². The topological polar surface area (TPSA) is 70.2 Å². The normalized spacial score (nSPS) is 9.95. The molecule has 0 atom stereocenters. The number of carbonyl (C=O) groups excluding carboxylic acids is 2. The maximum absolute atomic E-state index is 11.6. The highest BCUT2D eigenvalue weighted by Gasteiger charge is 2.07. The van der Waals surface area contributed by atoms with Crippen molar-refractivity contribution in [1.82, 2.24) is 5.32 Å². The molecule has 0 aromatic heterocycles. The molecule has 0 bridgehead atoms. The lowest BCUT2D eigenvalue weighted by Gasteiger charge is -2.10. The van der Waals surface area contributed by atoms with Crippen LogP contribution in [0.4, 0.5) is 11.4 Å². The van der Waals surface area contributed by atoms with Crippen molar-refractivity contribution in [3.8, 4) is 0 Å². The third kappa shape index (κ3) is 5.56. The van der Waals surface area contributed by atoms with Gasteiger partial charge in [0.05, 0.1) is 6.54 Å². The lowest BCUT2D eigenvalue weighted by molar-refractivity contribution is -0.119. The second-order valence-electron chi connectivity index (χ2n) is 4.67. The molecule has 5 nitrogen and oxygen atoms in total. The van der Waals surface area contributed by atoms with Crippen molar-refractivity contribution in [2.24, 2.45) is 5.92 Å². The molecule has 0 saturated carbocycles. The predicted octanol–water partition coefficient (Wildman–Crippen LogP) is 2.00. The van der Waals surface area contributed by atoms with Gasteiger partial charge in [0.2, 0.25) is 11.8 Å². The Kier molecular flexibility index (Phi) is 6.29. The number of nitrogens with one attached hydrogen (secondary N) is 3. The standard InChI is InChI=1S/C15H21N3O2/c1-4-8-16-14(19)10-17-12-6-5-7-13(9-12)18-15(20)11(2)3/h4-7,9,11,17H,1,8,10H2,2-3H3,(H,16,19)(H,18,20). The molecule has 20 heavy (non-hydrogen) atoms. The van der Waals surface area contributed by atoms with Crippen LogP contribution in [0, 0.1) is 5.92 Å². The molecule has 0 aliphatic carbocycles. The first kappa shape index (κ1) is 15.8. The minimum Gasteiger partial charge on any atom is -0.376 e. The van der Waals surface area contributed by atoms with E-state index in [-0.39, 0.29) is 24.3 Å². The van der Waals surface area contributed by atoms with Gasteiger partial charge in [-0.2, -0.15) is 0 Å². The predicted molar refractivity (Wildman–Crippen MR) is 81.6 cm³/mol. The van der Waals surface area contributed by atoms with Gasteiger partial charge >= 0.3 is 0 Å². The zero-order valence-electron chi connectivity index (χ0n) is 11.9. The average Bonchev–Trinajstić information content (AvgIpc) is 2.43. The molecule has 0 radical (unpaired) electrons. The third-order valence-electron chi connectivity index (χ3n) is 2.55. The smallest absolute Gasteiger partial charge is 0.239 e. The monoisotopic (exact) mass is 275 g/mol. The molecule has 1 aromatic carbocycles. The van der Waals surface area contributed by atoms with Crippen molar-refractivity contribution in [2.45, 2.75) is 13.8 Å². The summed E-state index contributed by atoms with van der Waals surface area (Å²) >= 11 is 0. The first-order chi connectivity index (χ1) is 9.52. The van der Waals surface area contributed by atoms with E-state index in [1.807, 2.05) is 32.0 Å². The molecule has 5 heteroatoms. The zero-order chi connectivity index (χ0) is 15.0. The highest BCUT2D eigenvalue weighted by atomic mass is 16.2. The van der Waals surface area contributed by atoms with Crippen LogP contribution >= 0.6 is 0 Å². The summed E-state index contributed by atoms with van der Waals surface area (Å²) < 4.78 is 0. The van der Waals surface area contributed by atoms with Crippen molar-refractivity contribution in [3.63, 3.8) is 0 Å². The fourth-order valence-corrected chi connectivity index (χ4v) is 1.42. The molecule has 0 aliphatic heterocycles. The van der Waals surface area contributed by atoms with E-state index in [0.29, 0.717) is 12.2 Å². The van der Waals surface area contributed by atoms with E-state index in [1.54, 1.807) is 12.1 Å². The van der Waals surface area contributed by atoms with Gasteiger partial charge in [-0.3, -0.25) is 9.59 Å². The van der Waals surface area contributed by atoms with Gasteiger partial charge in [0.1, 0.15) is 0 Å². The van der Waals surface area contributed by atoms with E-state index in [9.17, 15) is 9.59 Å². The number of anilines is 2. The molecule has 0 aliphatic rings. The van der Waals surface area contributed by atoms with Gasteiger partial charge < -0.3 is 16.0 Å². The van der Waals surface area contributed by atoms with Crippen LogP contribution in [0.1, 0.15) is 13.8 Å². The molecule has 2 amide bonds. The maximum Gasteiger partial charge on any atom is 0.239 e. The SMILES string of the molecule is C=CCNC(=O)CNc1cccc(NC(=O)C(C)C)c1. The lowest BCUT2D eigenvalue weighted by atomic mass is 10.2. The maximum atomic E-state index is 11.6. The minimum absolute atomic E-state index is 0.0362. The summed E-state index contributed by atoms with van der Waals surface area (Å²) in [6.45, 7) is 7.82. The highest BCUT2D eigenvalue weighted by Crippen LogP contribution is 2.15. The van der Waals surface area contributed by atoms with Crippen LogP contribution in [0.5, 0.6) is 0 Å². The molecule has 0 fully saturated rings. The number of hydrogen-bond donors (Lipinski definition) is 3. The Bertz CT molecular complexity index is 484. The Hall–Kier alpha value is -2.30. The van der Waals surface area contributed by atoms with E-state index in [2.05, 4.69) is 22.5 Å². The summed E-state index contributed by atoms with van der Waals surface area (Å²) in [6, 6.07) is 7.26. The van der Waals surface area contributed by atoms with Gasteiger partial charge in [0.25, 0.3) is 0 Å². The highest BCUT2D eigenvalue weighted by molar-refractivity contribution is 5.92. The van der Waals surface area contributed by atoms with Gasteiger partial charge in [0.15, 0.2) is 0 Å². The molecule has 3 N–H and O–H groups in total. The van der Waals surface area contributed by atoms with E-state index in [4.69, 9.17) is 0 Å². The Morgan fingerprint density at radius 3 is 2.65 bits per heavy atom. The van der Waals surface area contributed by atoms with Gasteiger partial charge in [-0.05, 0) is 18.2 Å². The molecule has 0 spiro atoms. The molecule has 1 aromatic rings. The quantitative estimate of drug-likeness (QED) is 0.667. The fourth-order valence-electron chi connectivity index (χ4n) is 1.42. The van der Waals surface area contributed by atoms with E-state index >= 15 is 0 Å². The van der Waals surface area contributed by atoms with Gasteiger partial charge in [-0.25, -0.2) is 0 Å². The Balaban J connectivity index is 2.53. The summed E-state index contributed by atoms with van der Waals surface area (Å²) in [7, 11) is 0. The number of benzene rings is 1. The second-order valence-corrected chi connectivity index (χ2v) is 4.67. The number of amides is 2. The van der Waals surface area contributed by atoms with Gasteiger partial charge in [-0.15, -0.1) is 6.58 Å². The van der Waals surface area contributed by atoms with E-state index in [1.165, 1.54) is 0 Å². The van der Waals surface area contributed by atoms with E-state index in [0.717, 1.165) is 5.69 Å². The van der Waals surface area contributed by atoms with Crippen LogP contribution < -0.4 is 16.0 Å². The molecule has 0 heterocycles. The third-order valence-corrected chi connectivity index (χ3v) is 2.55. The Morgan fingerprint density at radius 1 is 1.30 bits per heavy atom. The van der Waals surface area contributed by atoms with Gasteiger partial charge in [0, 0.05) is 23.8 Å². The molecular formula is C15H21N3O2. The summed E-state index contributed by atoms with van der Waals surface area (Å²) in [4.78, 5) is 23.0. The summed E-state index contributed by atoms with van der Waals surface area (Å²) in [5.41, 5.74) is 1.49. The van der Waals surface area contributed by atoms with Crippen molar-refractivity contribution in [1.29, 1.82) is 0 Å². The average molecular weight is 275 g/mol. The summed E-state index contributed by atoms with van der Waals surface area (Å²) in [5.74, 6) is -0.219. The zero-order valence-corrected chi connectivity index (χ0v) is 11.9. The largest absolute Gasteiger partial charge is 0.376 e. The number of rotatable bonds is 7. The van der Waals surface area contributed by atoms with Crippen molar-refractivity contribution in [2.75, 3.05) is 23.7 Å². The molecule has 0 unspecified atom stereocenters. The fraction of sp³-hybridized carbons (Fsp3) is 0.333. The van der Waals surface area contributed by atoms with Crippen molar-refractivity contribution >= 4 is 23.2 Å². The first-order valence-corrected chi connectivity index (χ1v) is 6.55. The summed E-state index contributed by atoms with van der Waals surface area (Å²) in [5, 5.41) is 8.48. The molecule has 108 valence electrons. The minimum atomic E-state index is -0.110. The van der Waals surface area contributed by atoms with Crippen LogP contribution in [0.3, 0.4) is 0 Å². The Morgan fingerprint density at radius 2 is 2.00 bits per heavy atom. The number of hydrogen-bond acceptors (Lipinski definition) is 3. The summed E-state index contributed by atoms with van der Waals surface area (Å²) in [6.07, 6.45) is 1.62. The second kappa shape index (κ2) is 7.99.